The molecule has 2 atom stereocenters. The van der Waals surface area contributed by atoms with E-state index in [1.165, 1.54) is 12.0 Å². The maximum atomic E-state index is 6.24. The number of benzene rings is 1. The Kier molecular flexibility index (Phi) is 2.54. The van der Waals surface area contributed by atoms with E-state index in [0.29, 0.717) is 5.92 Å². The van der Waals surface area contributed by atoms with Gasteiger partial charge in [-0.1, -0.05) is 37.1 Å². The average Bonchev–Trinajstić information content (AvgIpc) is 2.80. The molecule has 1 aromatic rings. The Hall–Kier alpha value is -0.530. The van der Waals surface area contributed by atoms with E-state index in [1.54, 1.807) is 0 Å². The monoisotopic (exact) mass is 209 g/mol. The van der Waals surface area contributed by atoms with Crippen LogP contribution >= 0.6 is 11.6 Å². The number of nitrogens with two attached hydrogens (primary N) is 1. The Morgan fingerprint density at radius 2 is 2.07 bits per heavy atom. The Bertz CT molecular complexity index is 320. The zero-order valence-electron chi connectivity index (χ0n) is 8.46. The first kappa shape index (κ1) is 10.0. The molecular weight excluding hydrogens is 194 g/mol. The van der Waals surface area contributed by atoms with Gasteiger partial charge in [-0.2, -0.15) is 0 Å². The fourth-order valence-corrected chi connectivity index (χ4v) is 2.33. The lowest BCUT2D eigenvalue weighted by Gasteiger charge is -2.09. The van der Waals surface area contributed by atoms with Gasteiger partial charge in [0.05, 0.1) is 0 Å². The molecule has 1 aliphatic carbocycles. The summed E-state index contributed by atoms with van der Waals surface area (Å²) >= 11 is 5.84. The SMILES string of the molecule is CCCC1(N)CC1c1ccc(Cl)cc1. The second-order valence-electron chi connectivity index (χ2n) is 4.29. The minimum atomic E-state index is 0.0720. The van der Waals surface area contributed by atoms with Gasteiger partial charge in [0.2, 0.25) is 0 Å². The van der Waals surface area contributed by atoms with Crippen LogP contribution in [-0.4, -0.2) is 5.54 Å². The molecule has 2 heteroatoms. The van der Waals surface area contributed by atoms with E-state index in [4.69, 9.17) is 17.3 Å². The molecule has 0 aliphatic heterocycles. The van der Waals surface area contributed by atoms with Gasteiger partial charge in [0.25, 0.3) is 0 Å². The van der Waals surface area contributed by atoms with Crippen molar-refractivity contribution in [3.8, 4) is 0 Å². The molecule has 0 bridgehead atoms. The minimum absolute atomic E-state index is 0.0720. The van der Waals surface area contributed by atoms with Crippen molar-refractivity contribution < 1.29 is 0 Å². The third-order valence-electron chi connectivity index (χ3n) is 3.11. The summed E-state index contributed by atoms with van der Waals surface area (Å²) in [4.78, 5) is 0. The summed E-state index contributed by atoms with van der Waals surface area (Å²) in [5, 5.41) is 0.799. The van der Waals surface area contributed by atoms with Crippen LogP contribution in [0.2, 0.25) is 5.02 Å². The number of hydrogen-bond acceptors (Lipinski definition) is 1. The van der Waals surface area contributed by atoms with Gasteiger partial charge in [0, 0.05) is 16.5 Å². The van der Waals surface area contributed by atoms with Crippen molar-refractivity contribution in [3.05, 3.63) is 34.9 Å². The van der Waals surface area contributed by atoms with Gasteiger partial charge in [-0.25, -0.2) is 0 Å². The maximum absolute atomic E-state index is 6.24. The summed E-state index contributed by atoms with van der Waals surface area (Å²) in [5.41, 5.74) is 7.65. The number of hydrogen-bond donors (Lipinski definition) is 1. The third kappa shape index (κ3) is 1.79. The van der Waals surface area contributed by atoms with Crippen molar-refractivity contribution in [2.45, 2.75) is 37.6 Å². The number of halogens is 1. The van der Waals surface area contributed by atoms with E-state index < -0.39 is 0 Å². The minimum Gasteiger partial charge on any atom is -0.325 e. The quantitative estimate of drug-likeness (QED) is 0.812. The summed E-state index contributed by atoms with van der Waals surface area (Å²) in [5.74, 6) is 0.555. The topological polar surface area (TPSA) is 26.0 Å². The third-order valence-corrected chi connectivity index (χ3v) is 3.36. The fourth-order valence-electron chi connectivity index (χ4n) is 2.21. The van der Waals surface area contributed by atoms with Crippen LogP contribution in [0, 0.1) is 0 Å². The van der Waals surface area contributed by atoms with Crippen LogP contribution in [0.15, 0.2) is 24.3 Å². The molecule has 76 valence electrons. The van der Waals surface area contributed by atoms with Crippen LogP contribution in [0.3, 0.4) is 0 Å². The van der Waals surface area contributed by atoms with Crippen molar-refractivity contribution in [1.29, 1.82) is 0 Å². The predicted octanol–water partition coefficient (Wildman–Crippen LogP) is 3.32. The lowest BCUT2D eigenvalue weighted by molar-refractivity contribution is 0.579. The van der Waals surface area contributed by atoms with Crippen molar-refractivity contribution in [2.24, 2.45) is 5.73 Å². The average molecular weight is 210 g/mol. The summed E-state index contributed by atoms with van der Waals surface area (Å²) in [6.45, 7) is 2.19. The van der Waals surface area contributed by atoms with Crippen LogP contribution in [0.25, 0.3) is 0 Å². The smallest absolute Gasteiger partial charge is 0.0406 e. The second kappa shape index (κ2) is 3.56. The van der Waals surface area contributed by atoms with Gasteiger partial charge in [0.1, 0.15) is 0 Å². The van der Waals surface area contributed by atoms with Crippen LogP contribution in [0.4, 0.5) is 0 Å². The molecule has 0 heterocycles. The van der Waals surface area contributed by atoms with E-state index >= 15 is 0 Å². The Morgan fingerprint density at radius 1 is 1.43 bits per heavy atom. The first-order valence-electron chi connectivity index (χ1n) is 5.20. The van der Waals surface area contributed by atoms with E-state index in [1.807, 2.05) is 12.1 Å². The summed E-state index contributed by atoms with van der Waals surface area (Å²) < 4.78 is 0. The lowest BCUT2D eigenvalue weighted by atomic mass is 10.0. The van der Waals surface area contributed by atoms with Gasteiger partial charge in [0.15, 0.2) is 0 Å². The molecule has 0 saturated heterocycles. The Balaban J connectivity index is 2.09. The Labute approximate surface area is 90.3 Å². The fraction of sp³-hybridized carbons (Fsp3) is 0.500. The van der Waals surface area contributed by atoms with E-state index in [2.05, 4.69) is 19.1 Å². The van der Waals surface area contributed by atoms with Gasteiger partial charge in [-0.3, -0.25) is 0 Å². The molecule has 2 unspecified atom stereocenters. The predicted molar refractivity (Wildman–Crippen MR) is 60.6 cm³/mol. The van der Waals surface area contributed by atoms with Crippen LogP contribution < -0.4 is 5.73 Å². The van der Waals surface area contributed by atoms with Crippen molar-refractivity contribution in [2.75, 3.05) is 0 Å². The normalized spacial score (nSPS) is 30.4. The molecule has 1 aliphatic rings. The van der Waals surface area contributed by atoms with Gasteiger partial charge in [-0.15, -0.1) is 0 Å². The molecule has 0 spiro atoms. The van der Waals surface area contributed by atoms with Crippen molar-refractivity contribution >= 4 is 11.6 Å². The standard InChI is InChI=1S/C12H16ClN/c1-2-7-12(14)8-11(12)9-3-5-10(13)6-4-9/h3-6,11H,2,7-8,14H2,1H3. The zero-order valence-corrected chi connectivity index (χ0v) is 9.22. The number of rotatable bonds is 3. The van der Waals surface area contributed by atoms with E-state index in [-0.39, 0.29) is 5.54 Å². The molecule has 1 aromatic carbocycles. The van der Waals surface area contributed by atoms with Crippen molar-refractivity contribution in [3.63, 3.8) is 0 Å². The lowest BCUT2D eigenvalue weighted by Crippen LogP contribution is -2.23. The van der Waals surface area contributed by atoms with Crippen LogP contribution in [0.5, 0.6) is 0 Å². The summed E-state index contributed by atoms with van der Waals surface area (Å²) in [6, 6.07) is 8.08. The van der Waals surface area contributed by atoms with Gasteiger partial charge >= 0.3 is 0 Å². The van der Waals surface area contributed by atoms with Gasteiger partial charge in [-0.05, 0) is 30.5 Å². The van der Waals surface area contributed by atoms with E-state index in [0.717, 1.165) is 17.9 Å². The first-order valence-corrected chi connectivity index (χ1v) is 5.58. The molecule has 2 N–H and O–H groups in total. The van der Waals surface area contributed by atoms with E-state index in [9.17, 15) is 0 Å². The highest BCUT2D eigenvalue weighted by molar-refractivity contribution is 6.30. The largest absolute Gasteiger partial charge is 0.325 e. The molecule has 14 heavy (non-hydrogen) atoms. The molecule has 0 aromatic heterocycles. The highest BCUT2D eigenvalue weighted by Crippen LogP contribution is 2.52. The zero-order chi connectivity index (χ0) is 10.2. The Morgan fingerprint density at radius 3 is 2.64 bits per heavy atom. The molecule has 1 nitrogen and oxygen atoms in total. The molecule has 2 rings (SSSR count). The first-order chi connectivity index (χ1) is 6.65. The van der Waals surface area contributed by atoms with Crippen LogP contribution in [0.1, 0.15) is 37.7 Å². The second-order valence-corrected chi connectivity index (χ2v) is 4.73. The van der Waals surface area contributed by atoms with Crippen molar-refractivity contribution in [1.82, 2.24) is 0 Å². The van der Waals surface area contributed by atoms with Gasteiger partial charge < -0.3 is 5.73 Å². The summed E-state index contributed by atoms with van der Waals surface area (Å²) in [6.07, 6.45) is 3.42. The highest BCUT2D eigenvalue weighted by atomic mass is 35.5. The van der Waals surface area contributed by atoms with Crippen LogP contribution in [-0.2, 0) is 0 Å². The molecule has 1 saturated carbocycles. The maximum Gasteiger partial charge on any atom is 0.0406 e. The molecule has 0 amide bonds. The molecule has 1 fully saturated rings. The highest BCUT2D eigenvalue weighted by Gasteiger charge is 2.50. The molecular formula is C12H16ClN. The summed E-state index contributed by atoms with van der Waals surface area (Å²) in [7, 11) is 0. The molecule has 0 radical (unpaired) electrons.